The summed E-state index contributed by atoms with van der Waals surface area (Å²) in [6.45, 7) is 1.10. The van der Waals surface area contributed by atoms with E-state index in [1.807, 2.05) is 11.9 Å². The first-order chi connectivity index (χ1) is 7.91. The van der Waals surface area contributed by atoms with Gasteiger partial charge in [-0.15, -0.1) is 12.4 Å². The molecule has 1 aliphatic heterocycles. The molecule has 1 aromatic heterocycles. The van der Waals surface area contributed by atoms with E-state index >= 15 is 0 Å². The van der Waals surface area contributed by atoms with E-state index in [0.29, 0.717) is 13.1 Å². The summed E-state index contributed by atoms with van der Waals surface area (Å²) in [5.74, 6) is -0.169. The number of amidine groups is 1. The molecular weight excluding hydrogens is 276 g/mol. The topological polar surface area (TPSA) is 100 Å². The summed E-state index contributed by atoms with van der Waals surface area (Å²) in [5.41, 5.74) is 5.54. The summed E-state index contributed by atoms with van der Waals surface area (Å²) >= 11 is 0. The highest BCUT2D eigenvalue weighted by Crippen LogP contribution is 2.21. The average molecular weight is 291 g/mol. The van der Waals surface area contributed by atoms with Crippen molar-refractivity contribution < 1.29 is 8.42 Å². The number of halogens is 1. The molecule has 100 valence electrons. The molecule has 0 bridgehead atoms. The van der Waals surface area contributed by atoms with Gasteiger partial charge in [-0.05, 0) is 19.2 Å². The summed E-state index contributed by atoms with van der Waals surface area (Å²) in [4.78, 5) is 6.00. The van der Waals surface area contributed by atoms with E-state index in [4.69, 9.17) is 11.1 Å². The summed E-state index contributed by atoms with van der Waals surface area (Å²) < 4.78 is 24.2. The van der Waals surface area contributed by atoms with Gasteiger partial charge in [-0.2, -0.15) is 0 Å². The van der Waals surface area contributed by atoms with Crippen LogP contribution in [-0.4, -0.2) is 49.5 Å². The minimum absolute atomic E-state index is 0. The lowest BCUT2D eigenvalue weighted by molar-refractivity contribution is 0.232. The lowest BCUT2D eigenvalue weighted by Crippen LogP contribution is -2.52. The van der Waals surface area contributed by atoms with E-state index in [0.717, 1.165) is 0 Å². The van der Waals surface area contributed by atoms with Crippen LogP contribution < -0.4 is 5.73 Å². The van der Waals surface area contributed by atoms with Crippen LogP contribution in [0.2, 0.25) is 0 Å². The van der Waals surface area contributed by atoms with Crippen LogP contribution in [0.15, 0.2) is 23.2 Å². The molecular formula is C10H15ClN4O2S. The molecule has 0 saturated carbocycles. The maximum atomic E-state index is 12.1. The largest absolute Gasteiger partial charge is 0.382 e. The van der Waals surface area contributed by atoms with Gasteiger partial charge in [-0.1, -0.05) is 0 Å². The first-order valence-corrected chi connectivity index (χ1v) is 6.69. The highest BCUT2D eigenvalue weighted by Gasteiger charge is 2.36. The van der Waals surface area contributed by atoms with Gasteiger partial charge in [0.25, 0.3) is 0 Å². The van der Waals surface area contributed by atoms with Crippen LogP contribution in [0.3, 0.4) is 0 Å². The van der Waals surface area contributed by atoms with Crippen molar-refractivity contribution in [1.82, 2.24) is 9.88 Å². The number of nitrogen functional groups attached to an aromatic ring is 1. The predicted octanol–water partition coefficient (Wildman–Crippen LogP) is -0.125. The van der Waals surface area contributed by atoms with Gasteiger partial charge in [-0.25, -0.2) is 8.42 Å². The SMILES string of the molecule is CN1CC(S(=O)(=O)c2ccc(C(=N)N)nc2)C1.Cl. The lowest BCUT2D eigenvalue weighted by atomic mass is 10.2. The Morgan fingerprint density at radius 3 is 2.50 bits per heavy atom. The molecule has 18 heavy (non-hydrogen) atoms. The molecule has 1 fully saturated rings. The number of likely N-dealkylation sites (tertiary alicyclic amines) is 1. The van der Waals surface area contributed by atoms with Gasteiger partial charge < -0.3 is 10.6 Å². The summed E-state index contributed by atoms with van der Waals surface area (Å²) in [5, 5.41) is 6.83. The first kappa shape index (κ1) is 14.9. The van der Waals surface area contributed by atoms with Crippen LogP contribution in [0.5, 0.6) is 0 Å². The van der Waals surface area contributed by atoms with E-state index in [9.17, 15) is 8.42 Å². The normalized spacial score (nSPS) is 16.7. The van der Waals surface area contributed by atoms with Crippen LogP contribution in [0.4, 0.5) is 0 Å². The smallest absolute Gasteiger partial charge is 0.185 e. The van der Waals surface area contributed by atoms with Crippen molar-refractivity contribution in [1.29, 1.82) is 5.41 Å². The highest BCUT2D eigenvalue weighted by atomic mass is 35.5. The van der Waals surface area contributed by atoms with Crippen molar-refractivity contribution in [2.75, 3.05) is 20.1 Å². The van der Waals surface area contributed by atoms with Crippen LogP contribution in [0.25, 0.3) is 0 Å². The predicted molar refractivity (Wildman–Crippen MR) is 71.0 cm³/mol. The molecule has 0 unspecified atom stereocenters. The molecule has 2 rings (SSSR count). The van der Waals surface area contributed by atoms with Crippen LogP contribution in [-0.2, 0) is 9.84 Å². The Balaban J connectivity index is 0.00000162. The second kappa shape index (κ2) is 5.21. The van der Waals surface area contributed by atoms with Crippen molar-refractivity contribution in [2.45, 2.75) is 10.1 Å². The van der Waals surface area contributed by atoms with E-state index in [-0.39, 0.29) is 34.1 Å². The number of nitrogens with zero attached hydrogens (tertiary/aromatic N) is 2. The summed E-state index contributed by atoms with van der Waals surface area (Å²) in [6, 6.07) is 2.91. The van der Waals surface area contributed by atoms with Gasteiger partial charge in [0.1, 0.15) is 11.5 Å². The number of hydrogen-bond acceptors (Lipinski definition) is 5. The quantitative estimate of drug-likeness (QED) is 0.597. The van der Waals surface area contributed by atoms with E-state index in [1.54, 1.807) is 0 Å². The number of nitrogens with one attached hydrogen (secondary N) is 1. The summed E-state index contributed by atoms with van der Waals surface area (Å²) in [7, 11) is -1.41. The Morgan fingerprint density at radius 2 is 2.11 bits per heavy atom. The second-order valence-electron chi connectivity index (χ2n) is 4.18. The molecule has 1 aromatic rings. The summed E-state index contributed by atoms with van der Waals surface area (Å²) in [6.07, 6.45) is 1.27. The highest BCUT2D eigenvalue weighted by molar-refractivity contribution is 7.92. The first-order valence-electron chi connectivity index (χ1n) is 5.14. The van der Waals surface area contributed by atoms with Crippen molar-refractivity contribution in [3.63, 3.8) is 0 Å². The molecule has 1 aliphatic rings. The van der Waals surface area contributed by atoms with E-state index < -0.39 is 9.84 Å². The molecule has 3 N–H and O–H groups in total. The molecule has 0 atom stereocenters. The average Bonchev–Trinajstić information content (AvgIpc) is 2.25. The van der Waals surface area contributed by atoms with Crippen LogP contribution >= 0.6 is 12.4 Å². The van der Waals surface area contributed by atoms with Gasteiger partial charge in [0.2, 0.25) is 0 Å². The molecule has 2 heterocycles. The standard InChI is InChI=1S/C10H14N4O2S.ClH/c1-14-5-8(6-14)17(15,16)7-2-3-9(10(11)12)13-4-7;/h2-4,8H,5-6H2,1H3,(H3,11,12);1H. The van der Waals surface area contributed by atoms with E-state index in [2.05, 4.69) is 4.98 Å². The molecule has 0 radical (unpaired) electrons. The fourth-order valence-corrected chi connectivity index (χ4v) is 3.48. The lowest BCUT2D eigenvalue weighted by Gasteiger charge is -2.35. The third-order valence-electron chi connectivity index (χ3n) is 2.81. The number of sulfone groups is 1. The Labute approximate surface area is 112 Å². The molecule has 0 amide bonds. The minimum Gasteiger partial charge on any atom is -0.382 e. The monoisotopic (exact) mass is 290 g/mol. The van der Waals surface area contributed by atoms with Gasteiger partial charge in [-0.3, -0.25) is 10.4 Å². The van der Waals surface area contributed by atoms with Gasteiger partial charge >= 0.3 is 0 Å². The Morgan fingerprint density at radius 1 is 1.50 bits per heavy atom. The molecule has 8 heteroatoms. The molecule has 6 nitrogen and oxygen atoms in total. The maximum absolute atomic E-state index is 12.1. The van der Waals surface area contributed by atoms with E-state index in [1.165, 1.54) is 18.3 Å². The number of rotatable bonds is 3. The number of aromatic nitrogens is 1. The Kier molecular flexibility index (Phi) is 4.31. The van der Waals surface area contributed by atoms with Crippen molar-refractivity contribution >= 4 is 28.1 Å². The van der Waals surface area contributed by atoms with Crippen LogP contribution in [0.1, 0.15) is 5.69 Å². The Bertz CT molecular complexity index is 538. The van der Waals surface area contributed by atoms with Gasteiger partial charge in [0, 0.05) is 19.3 Å². The molecule has 0 spiro atoms. The maximum Gasteiger partial charge on any atom is 0.185 e. The fourth-order valence-electron chi connectivity index (χ4n) is 1.74. The zero-order valence-electron chi connectivity index (χ0n) is 9.83. The van der Waals surface area contributed by atoms with Gasteiger partial charge in [0.15, 0.2) is 9.84 Å². The zero-order valence-corrected chi connectivity index (χ0v) is 11.5. The third-order valence-corrected chi connectivity index (χ3v) is 4.88. The third kappa shape index (κ3) is 2.63. The molecule has 1 saturated heterocycles. The minimum atomic E-state index is -3.29. The van der Waals surface area contributed by atoms with Gasteiger partial charge in [0.05, 0.1) is 10.1 Å². The van der Waals surface area contributed by atoms with Crippen molar-refractivity contribution in [3.05, 3.63) is 24.0 Å². The molecule has 0 aromatic carbocycles. The fraction of sp³-hybridized carbons (Fsp3) is 0.400. The Hall–Kier alpha value is -1.18. The number of pyridine rings is 1. The van der Waals surface area contributed by atoms with Crippen LogP contribution in [0, 0.1) is 5.41 Å². The number of nitrogens with two attached hydrogens (primary N) is 1. The second-order valence-corrected chi connectivity index (χ2v) is 6.41. The number of hydrogen-bond donors (Lipinski definition) is 2. The molecule has 0 aliphatic carbocycles. The van der Waals surface area contributed by atoms with Crippen molar-refractivity contribution in [2.24, 2.45) is 5.73 Å². The zero-order chi connectivity index (χ0) is 12.6. The van der Waals surface area contributed by atoms with Crippen molar-refractivity contribution in [3.8, 4) is 0 Å².